The van der Waals surface area contributed by atoms with Gasteiger partial charge >= 0.3 is 5.97 Å². The van der Waals surface area contributed by atoms with Crippen molar-refractivity contribution in [3.05, 3.63) is 30.3 Å². The summed E-state index contributed by atoms with van der Waals surface area (Å²) in [5.41, 5.74) is 0. The van der Waals surface area contributed by atoms with Crippen LogP contribution in [0.5, 0.6) is 5.75 Å². The van der Waals surface area contributed by atoms with E-state index in [1.807, 2.05) is 13.0 Å². The third-order valence-electron chi connectivity index (χ3n) is 3.18. The molecule has 0 spiro atoms. The number of para-hydroxylation sites is 1. The van der Waals surface area contributed by atoms with Gasteiger partial charge in [-0.2, -0.15) is 0 Å². The highest BCUT2D eigenvalue weighted by atomic mass is 16.5. The van der Waals surface area contributed by atoms with E-state index in [-0.39, 0.29) is 43.9 Å². The molecule has 0 aliphatic carbocycles. The van der Waals surface area contributed by atoms with Crippen LogP contribution >= 0.6 is 0 Å². The number of hydrogen-bond donors (Lipinski definition) is 1. The van der Waals surface area contributed by atoms with Gasteiger partial charge in [-0.05, 0) is 26.0 Å². The minimum absolute atomic E-state index is 0.131. The molecule has 0 radical (unpaired) electrons. The minimum Gasteiger partial charge on any atom is -0.484 e. The van der Waals surface area contributed by atoms with Gasteiger partial charge in [-0.3, -0.25) is 14.4 Å². The first-order valence-corrected chi connectivity index (χ1v) is 7.94. The molecule has 0 unspecified atom stereocenters. The maximum absolute atomic E-state index is 12.0. The van der Waals surface area contributed by atoms with Crippen molar-refractivity contribution in [3.63, 3.8) is 0 Å². The number of esters is 1. The molecule has 7 nitrogen and oxygen atoms in total. The quantitative estimate of drug-likeness (QED) is 0.644. The number of ether oxygens (including phenoxy) is 2. The number of carbonyl (C=O) groups excluding carboxylic acids is 3. The van der Waals surface area contributed by atoms with Crippen LogP contribution in [0.15, 0.2) is 30.3 Å². The lowest BCUT2D eigenvalue weighted by Crippen LogP contribution is -2.42. The molecule has 0 bridgehead atoms. The molecule has 0 aliphatic heterocycles. The molecule has 0 aliphatic rings. The lowest BCUT2D eigenvalue weighted by Gasteiger charge is -2.20. The molecule has 132 valence electrons. The smallest absolute Gasteiger partial charge is 0.307 e. The molecule has 0 heterocycles. The van der Waals surface area contributed by atoms with E-state index in [2.05, 4.69) is 5.32 Å². The van der Waals surface area contributed by atoms with Gasteiger partial charge in [0.25, 0.3) is 5.91 Å². The van der Waals surface area contributed by atoms with E-state index in [1.54, 1.807) is 31.2 Å². The molecule has 0 aromatic heterocycles. The van der Waals surface area contributed by atoms with E-state index in [0.29, 0.717) is 18.9 Å². The van der Waals surface area contributed by atoms with Crippen molar-refractivity contribution in [2.45, 2.75) is 20.3 Å². The molecule has 7 heteroatoms. The SMILES string of the molecule is CCOC(=O)CCN(CC)C(=O)CNC(=O)COc1ccccc1. The summed E-state index contributed by atoms with van der Waals surface area (Å²) in [5.74, 6) is -0.392. The first kappa shape index (κ1) is 19.5. The molecule has 1 N–H and O–H groups in total. The summed E-state index contributed by atoms with van der Waals surface area (Å²) in [5, 5.41) is 2.51. The van der Waals surface area contributed by atoms with E-state index in [1.165, 1.54) is 4.90 Å². The largest absolute Gasteiger partial charge is 0.484 e. The molecular weight excluding hydrogens is 312 g/mol. The van der Waals surface area contributed by atoms with Gasteiger partial charge in [-0.15, -0.1) is 0 Å². The number of nitrogens with zero attached hydrogens (tertiary/aromatic N) is 1. The molecular formula is C17H24N2O5. The Morgan fingerprint density at radius 2 is 1.83 bits per heavy atom. The third kappa shape index (κ3) is 7.62. The van der Waals surface area contributed by atoms with Crippen molar-refractivity contribution in [2.24, 2.45) is 0 Å². The van der Waals surface area contributed by atoms with Crippen LogP contribution in [0.2, 0.25) is 0 Å². The average molecular weight is 336 g/mol. The second-order valence-corrected chi connectivity index (χ2v) is 4.91. The fraction of sp³-hybridized carbons (Fsp3) is 0.471. The molecule has 24 heavy (non-hydrogen) atoms. The molecule has 0 saturated carbocycles. The van der Waals surface area contributed by atoms with Gasteiger partial charge < -0.3 is 19.7 Å². The number of benzene rings is 1. The fourth-order valence-electron chi connectivity index (χ4n) is 1.92. The van der Waals surface area contributed by atoms with Crippen LogP contribution in [-0.2, 0) is 19.1 Å². The van der Waals surface area contributed by atoms with Crippen molar-refractivity contribution in [1.82, 2.24) is 10.2 Å². The van der Waals surface area contributed by atoms with Gasteiger partial charge in [0.05, 0.1) is 19.6 Å². The first-order valence-electron chi connectivity index (χ1n) is 7.94. The fourth-order valence-corrected chi connectivity index (χ4v) is 1.92. The average Bonchev–Trinajstić information content (AvgIpc) is 2.59. The molecule has 2 amide bonds. The molecule has 0 atom stereocenters. The van der Waals surface area contributed by atoms with Crippen LogP contribution in [0.1, 0.15) is 20.3 Å². The van der Waals surface area contributed by atoms with Gasteiger partial charge in [-0.1, -0.05) is 18.2 Å². The summed E-state index contributed by atoms with van der Waals surface area (Å²) in [6.45, 7) is 4.28. The maximum atomic E-state index is 12.0. The first-order chi connectivity index (χ1) is 11.6. The van der Waals surface area contributed by atoms with Crippen LogP contribution in [0, 0.1) is 0 Å². The summed E-state index contributed by atoms with van der Waals surface area (Å²) >= 11 is 0. The number of amides is 2. The van der Waals surface area contributed by atoms with E-state index in [0.717, 1.165) is 0 Å². The Bertz CT molecular complexity index is 533. The number of carbonyl (C=O) groups is 3. The highest BCUT2D eigenvalue weighted by Gasteiger charge is 2.14. The lowest BCUT2D eigenvalue weighted by atomic mass is 10.3. The minimum atomic E-state index is -0.381. The van der Waals surface area contributed by atoms with Crippen LogP contribution in [0.25, 0.3) is 0 Å². The zero-order chi connectivity index (χ0) is 17.8. The zero-order valence-corrected chi connectivity index (χ0v) is 14.1. The summed E-state index contributed by atoms with van der Waals surface area (Å²) < 4.78 is 10.1. The summed E-state index contributed by atoms with van der Waals surface area (Å²) in [4.78, 5) is 36.6. The predicted molar refractivity (Wildman–Crippen MR) is 88.5 cm³/mol. The summed E-state index contributed by atoms with van der Waals surface area (Å²) in [6.07, 6.45) is 0.137. The van der Waals surface area contributed by atoms with Crippen molar-refractivity contribution in [3.8, 4) is 5.75 Å². The van der Waals surface area contributed by atoms with Crippen LogP contribution in [0.4, 0.5) is 0 Å². The van der Waals surface area contributed by atoms with Gasteiger partial charge in [0.15, 0.2) is 6.61 Å². The highest BCUT2D eigenvalue weighted by molar-refractivity contribution is 5.85. The summed E-state index contributed by atoms with van der Waals surface area (Å²) in [7, 11) is 0. The van der Waals surface area contributed by atoms with E-state index in [4.69, 9.17) is 9.47 Å². The van der Waals surface area contributed by atoms with Crippen LogP contribution in [-0.4, -0.2) is 55.5 Å². The highest BCUT2D eigenvalue weighted by Crippen LogP contribution is 2.07. The second-order valence-electron chi connectivity index (χ2n) is 4.91. The van der Waals surface area contributed by atoms with Crippen LogP contribution in [0.3, 0.4) is 0 Å². The van der Waals surface area contributed by atoms with Gasteiger partial charge in [0.2, 0.25) is 5.91 Å². The predicted octanol–water partition coefficient (Wildman–Crippen LogP) is 0.983. The summed E-state index contributed by atoms with van der Waals surface area (Å²) in [6, 6.07) is 8.94. The van der Waals surface area contributed by atoms with Crippen molar-refractivity contribution in [2.75, 3.05) is 32.8 Å². The Hall–Kier alpha value is -2.57. The number of hydrogen-bond acceptors (Lipinski definition) is 5. The zero-order valence-electron chi connectivity index (χ0n) is 14.1. The van der Waals surface area contributed by atoms with Crippen molar-refractivity contribution < 1.29 is 23.9 Å². The van der Waals surface area contributed by atoms with E-state index >= 15 is 0 Å². The van der Waals surface area contributed by atoms with Gasteiger partial charge in [0.1, 0.15) is 5.75 Å². The van der Waals surface area contributed by atoms with Gasteiger partial charge in [-0.25, -0.2) is 0 Å². The molecule has 0 saturated heterocycles. The molecule has 0 fully saturated rings. The number of nitrogens with one attached hydrogen (secondary N) is 1. The normalized spacial score (nSPS) is 9.92. The van der Waals surface area contributed by atoms with Crippen molar-refractivity contribution >= 4 is 17.8 Å². The Kier molecular flexibility index (Phi) is 8.96. The monoisotopic (exact) mass is 336 g/mol. The maximum Gasteiger partial charge on any atom is 0.307 e. The Morgan fingerprint density at radius 3 is 2.46 bits per heavy atom. The van der Waals surface area contributed by atoms with Crippen molar-refractivity contribution in [1.29, 1.82) is 0 Å². The standard InChI is InChI=1S/C17H24N2O5/c1-3-19(11-10-17(22)23-4-2)16(21)12-18-15(20)13-24-14-8-6-5-7-9-14/h5-9H,3-4,10-13H2,1-2H3,(H,18,20). The molecule has 1 rings (SSSR count). The van der Waals surface area contributed by atoms with E-state index in [9.17, 15) is 14.4 Å². The Morgan fingerprint density at radius 1 is 1.12 bits per heavy atom. The molecule has 1 aromatic rings. The lowest BCUT2D eigenvalue weighted by molar-refractivity contribution is -0.144. The van der Waals surface area contributed by atoms with Gasteiger partial charge in [0, 0.05) is 13.1 Å². The third-order valence-corrected chi connectivity index (χ3v) is 3.18. The van der Waals surface area contributed by atoms with E-state index < -0.39 is 0 Å². The van der Waals surface area contributed by atoms with Crippen LogP contribution < -0.4 is 10.1 Å². The Balaban J connectivity index is 2.29. The second kappa shape index (κ2) is 11.0. The molecule has 1 aromatic carbocycles. The number of likely N-dealkylation sites (N-methyl/N-ethyl adjacent to an activating group) is 1. The number of rotatable bonds is 10. The Labute approximate surface area is 141 Å². The topological polar surface area (TPSA) is 84.9 Å².